The summed E-state index contributed by atoms with van der Waals surface area (Å²) in [6.45, 7) is 2.27. The molecule has 0 N–H and O–H groups in total. The van der Waals surface area contributed by atoms with E-state index in [0.29, 0.717) is 18.6 Å². The Morgan fingerprint density at radius 2 is 1.96 bits per heavy atom. The van der Waals surface area contributed by atoms with Crippen LogP contribution >= 0.6 is 0 Å². The number of hydrogen-bond acceptors (Lipinski definition) is 5. The number of aldehydes is 1. The monoisotopic (exact) mass is 310 g/mol. The van der Waals surface area contributed by atoms with Gasteiger partial charge in [0.1, 0.15) is 6.61 Å². The summed E-state index contributed by atoms with van der Waals surface area (Å²) in [7, 11) is 0. The summed E-state index contributed by atoms with van der Waals surface area (Å²) in [5.74, 6) is 0. The number of hydrogen-bond donors (Lipinski definition) is 0. The third-order valence-corrected chi connectivity index (χ3v) is 3.77. The number of nitro groups is 1. The van der Waals surface area contributed by atoms with Crippen molar-refractivity contribution in [2.45, 2.75) is 6.92 Å². The molecule has 6 nitrogen and oxygen atoms in total. The van der Waals surface area contributed by atoms with Crippen molar-refractivity contribution in [1.82, 2.24) is 0 Å². The zero-order chi connectivity index (χ0) is 16.4. The summed E-state index contributed by atoms with van der Waals surface area (Å²) >= 11 is 0. The molecule has 6 heteroatoms. The fourth-order valence-corrected chi connectivity index (χ4v) is 2.57. The predicted octanol–water partition coefficient (Wildman–Crippen LogP) is 3.59. The van der Waals surface area contributed by atoms with Crippen LogP contribution in [0.3, 0.4) is 0 Å². The fourth-order valence-electron chi connectivity index (χ4n) is 2.57. The highest BCUT2D eigenvalue weighted by Gasteiger charge is 2.25. The number of non-ortho nitro benzene ring substituents is 1. The number of benzene rings is 2. The fraction of sp³-hybridized carbons (Fsp3) is 0.118. The minimum absolute atomic E-state index is 0.125. The minimum atomic E-state index is -0.528. The summed E-state index contributed by atoms with van der Waals surface area (Å²) in [5.41, 5.74) is 3.50. The Balaban J connectivity index is 2.02. The van der Waals surface area contributed by atoms with Crippen LogP contribution in [0.5, 0.6) is 0 Å². The van der Waals surface area contributed by atoms with Crippen LogP contribution in [0.15, 0.2) is 54.2 Å². The average Bonchev–Trinajstić information content (AvgIpc) is 2.96. The second kappa shape index (κ2) is 6.02. The Labute approximate surface area is 132 Å². The lowest BCUT2D eigenvalue weighted by molar-refractivity contribution is -0.384. The second-order valence-electron chi connectivity index (χ2n) is 5.12. The molecule has 0 bridgehead atoms. The third kappa shape index (κ3) is 2.72. The summed E-state index contributed by atoms with van der Waals surface area (Å²) in [5, 5.41) is 12.4. The van der Waals surface area contributed by atoms with Gasteiger partial charge in [-0.3, -0.25) is 19.7 Å². The SMILES string of the molecule is CC1=C(c2ccccc2)CON1c1ccc([N+](=O)[O-])cc1C=O. The van der Waals surface area contributed by atoms with Crippen molar-refractivity contribution in [3.63, 3.8) is 0 Å². The minimum Gasteiger partial charge on any atom is -0.298 e. The molecule has 23 heavy (non-hydrogen) atoms. The zero-order valence-electron chi connectivity index (χ0n) is 12.4. The first-order chi connectivity index (χ1) is 11.1. The van der Waals surface area contributed by atoms with Crippen molar-refractivity contribution < 1.29 is 14.6 Å². The largest absolute Gasteiger partial charge is 0.298 e. The molecular weight excluding hydrogens is 296 g/mol. The van der Waals surface area contributed by atoms with E-state index in [1.165, 1.54) is 18.2 Å². The molecular formula is C17H14N2O4. The molecule has 2 aromatic rings. The van der Waals surface area contributed by atoms with E-state index in [9.17, 15) is 14.9 Å². The molecule has 116 valence electrons. The van der Waals surface area contributed by atoms with Gasteiger partial charge >= 0.3 is 0 Å². The van der Waals surface area contributed by atoms with Crippen LogP contribution in [0.2, 0.25) is 0 Å². The molecule has 1 heterocycles. The van der Waals surface area contributed by atoms with Crippen molar-refractivity contribution in [3.8, 4) is 0 Å². The van der Waals surface area contributed by atoms with Crippen LogP contribution in [-0.4, -0.2) is 17.8 Å². The molecule has 1 aliphatic rings. The summed E-state index contributed by atoms with van der Waals surface area (Å²) in [6, 6.07) is 13.9. The van der Waals surface area contributed by atoms with Crippen LogP contribution < -0.4 is 5.06 Å². The maximum absolute atomic E-state index is 11.3. The highest BCUT2D eigenvalue weighted by atomic mass is 16.7. The van der Waals surface area contributed by atoms with Crippen LogP contribution in [0.4, 0.5) is 11.4 Å². The van der Waals surface area contributed by atoms with E-state index >= 15 is 0 Å². The van der Waals surface area contributed by atoms with Gasteiger partial charge in [0.25, 0.3) is 5.69 Å². The smallest absolute Gasteiger partial charge is 0.270 e. The number of anilines is 1. The lowest BCUT2D eigenvalue weighted by atomic mass is 10.1. The number of nitro benzene ring substituents is 1. The Kier molecular flexibility index (Phi) is 3.91. The number of carbonyl (C=O) groups is 1. The van der Waals surface area contributed by atoms with Crippen molar-refractivity contribution in [3.05, 3.63) is 75.5 Å². The molecule has 0 unspecified atom stereocenters. The van der Waals surface area contributed by atoms with Gasteiger partial charge in [-0.1, -0.05) is 30.3 Å². The molecule has 0 aromatic heterocycles. The van der Waals surface area contributed by atoms with Crippen molar-refractivity contribution in [1.29, 1.82) is 0 Å². The number of carbonyl (C=O) groups excluding carboxylic acids is 1. The Morgan fingerprint density at radius 3 is 2.61 bits per heavy atom. The molecule has 1 aliphatic heterocycles. The molecule has 3 rings (SSSR count). The van der Waals surface area contributed by atoms with E-state index in [0.717, 1.165) is 16.8 Å². The molecule has 0 amide bonds. The first kappa shape index (κ1) is 14.9. The van der Waals surface area contributed by atoms with E-state index in [4.69, 9.17) is 4.84 Å². The van der Waals surface area contributed by atoms with E-state index in [-0.39, 0.29) is 11.3 Å². The highest BCUT2D eigenvalue weighted by molar-refractivity contribution is 5.87. The molecule has 0 saturated carbocycles. The van der Waals surface area contributed by atoms with Gasteiger partial charge in [-0.2, -0.15) is 0 Å². The predicted molar refractivity (Wildman–Crippen MR) is 86.0 cm³/mol. The molecule has 2 aromatic carbocycles. The van der Waals surface area contributed by atoms with Crippen LogP contribution in [0, 0.1) is 10.1 Å². The quantitative estimate of drug-likeness (QED) is 0.490. The van der Waals surface area contributed by atoms with Crippen LogP contribution in [0.1, 0.15) is 22.8 Å². The third-order valence-electron chi connectivity index (χ3n) is 3.77. The average molecular weight is 310 g/mol. The maximum atomic E-state index is 11.3. The van der Waals surface area contributed by atoms with Gasteiger partial charge in [-0.05, 0) is 18.6 Å². The van der Waals surface area contributed by atoms with E-state index in [1.807, 2.05) is 37.3 Å². The van der Waals surface area contributed by atoms with Crippen LogP contribution in [-0.2, 0) is 4.84 Å². The van der Waals surface area contributed by atoms with Crippen molar-refractivity contribution in [2.75, 3.05) is 11.7 Å². The Morgan fingerprint density at radius 1 is 1.22 bits per heavy atom. The van der Waals surface area contributed by atoms with Gasteiger partial charge in [-0.25, -0.2) is 5.06 Å². The molecule has 0 atom stereocenters. The number of allylic oxidation sites excluding steroid dienone is 1. The number of hydroxylamine groups is 1. The van der Waals surface area contributed by atoms with Crippen LogP contribution in [0.25, 0.3) is 5.57 Å². The normalized spacial score (nSPS) is 14.2. The van der Waals surface area contributed by atoms with Gasteiger partial charge in [0, 0.05) is 23.3 Å². The van der Waals surface area contributed by atoms with Crippen molar-refractivity contribution >= 4 is 23.2 Å². The van der Waals surface area contributed by atoms with Crippen molar-refractivity contribution in [2.24, 2.45) is 0 Å². The Hall–Kier alpha value is -2.99. The lowest BCUT2D eigenvalue weighted by Gasteiger charge is -2.19. The molecule has 0 spiro atoms. The first-order valence-corrected chi connectivity index (χ1v) is 7.03. The second-order valence-corrected chi connectivity index (χ2v) is 5.12. The maximum Gasteiger partial charge on any atom is 0.270 e. The van der Waals surface area contributed by atoms with Gasteiger partial charge in [0.05, 0.1) is 16.3 Å². The van der Waals surface area contributed by atoms with E-state index < -0.39 is 4.92 Å². The number of rotatable bonds is 4. The van der Waals surface area contributed by atoms with E-state index in [2.05, 4.69) is 0 Å². The van der Waals surface area contributed by atoms with Gasteiger partial charge in [0.15, 0.2) is 6.29 Å². The first-order valence-electron chi connectivity index (χ1n) is 7.03. The summed E-state index contributed by atoms with van der Waals surface area (Å²) in [6.07, 6.45) is 0.597. The number of nitrogens with zero attached hydrogens (tertiary/aromatic N) is 2. The summed E-state index contributed by atoms with van der Waals surface area (Å²) < 4.78 is 0. The molecule has 0 saturated heterocycles. The topological polar surface area (TPSA) is 72.7 Å². The van der Waals surface area contributed by atoms with Gasteiger partial charge in [0.2, 0.25) is 0 Å². The lowest BCUT2D eigenvalue weighted by Crippen LogP contribution is -2.17. The molecule has 0 fully saturated rings. The van der Waals surface area contributed by atoms with Gasteiger partial charge < -0.3 is 0 Å². The van der Waals surface area contributed by atoms with E-state index in [1.54, 1.807) is 5.06 Å². The standard InChI is InChI=1S/C17H14N2O4/c1-12-16(13-5-3-2-4-6-13)11-23-18(12)17-8-7-15(19(21)22)9-14(17)10-20/h2-10H,11H2,1H3. The molecule has 0 radical (unpaired) electrons. The van der Waals surface area contributed by atoms with Gasteiger partial charge in [-0.15, -0.1) is 0 Å². The Bertz CT molecular complexity index is 799. The zero-order valence-corrected chi connectivity index (χ0v) is 12.4. The molecule has 0 aliphatic carbocycles. The summed E-state index contributed by atoms with van der Waals surface area (Å²) in [4.78, 5) is 27.3. The highest BCUT2D eigenvalue weighted by Crippen LogP contribution is 2.35.